The summed E-state index contributed by atoms with van der Waals surface area (Å²) in [5, 5.41) is 0. The first-order valence-electron chi connectivity index (χ1n) is 19.2. The van der Waals surface area contributed by atoms with Gasteiger partial charge >= 0.3 is 23.9 Å². The first-order chi connectivity index (χ1) is 23.6. The number of quaternary nitrogens is 1. The van der Waals surface area contributed by atoms with Crippen LogP contribution in [0.25, 0.3) is 0 Å². The first-order valence-corrected chi connectivity index (χ1v) is 19.2. The number of carbonyl (C=O) groups is 4. The molecule has 4 saturated carbocycles. The standard InChI is InChI=1S/C38H67N4O8/c1-24(7-10-32(43)47-20-19-42(4,5)6)27-8-9-28-36-29(23-31(38(27,28)3)50-35(46)14-18-41)37(2)15-11-26(48-33(44)12-16-39)21-25(37)22-30(36)49-34(45)13-17-40/h24-31,36H,7-23,39-41H2,1-6H3/q+1/t24-,25?,26-,27?,28+,29+,30-,31+,36?,37?,38?/m1/s1. The average molecular weight is 708 g/mol. The molecule has 0 saturated heterocycles. The van der Waals surface area contributed by atoms with Gasteiger partial charge in [0.1, 0.15) is 31.5 Å². The molecule has 0 aromatic carbocycles. The van der Waals surface area contributed by atoms with Gasteiger partial charge in [-0.3, -0.25) is 19.2 Å². The molecule has 0 heterocycles. The molecule has 286 valence electrons. The lowest BCUT2D eigenvalue weighted by Gasteiger charge is -2.64. The van der Waals surface area contributed by atoms with Crippen molar-refractivity contribution in [3.05, 3.63) is 0 Å². The van der Waals surface area contributed by atoms with Gasteiger partial charge in [-0.15, -0.1) is 0 Å². The third-order valence-corrected chi connectivity index (χ3v) is 13.2. The number of hydrogen-bond acceptors (Lipinski definition) is 11. The number of hydrogen-bond donors (Lipinski definition) is 3. The molecule has 5 unspecified atom stereocenters. The molecule has 0 bridgehead atoms. The number of esters is 4. The highest BCUT2D eigenvalue weighted by Gasteiger charge is 2.67. The normalized spacial score (nSPS) is 35.5. The summed E-state index contributed by atoms with van der Waals surface area (Å²) in [6.07, 6.45) is 6.23. The molecular weight excluding hydrogens is 640 g/mol. The van der Waals surface area contributed by atoms with Crippen molar-refractivity contribution in [2.75, 3.05) is 53.9 Å². The van der Waals surface area contributed by atoms with Crippen molar-refractivity contribution >= 4 is 23.9 Å². The van der Waals surface area contributed by atoms with Gasteiger partial charge in [0.25, 0.3) is 0 Å². The summed E-state index contributed by atoms with van der Waals surface area (Å²) in [4.78, 5) is 51.5. The van der Waals surface area contributed by atoms with Crippen LogP contribution in [0.1, 0.15) is 97.8 Å². The van der Waals surface area contributed by atoms with Crippen molar-refractivity contribution in [1.29, 1.82) is 0 Å². The van der Waals surface area contributed by atoms with Crippen LogP contribution in [0.4, 0.5) is 0 Å². The number of fused-ring (bicyclic) bond motifs is 5. The fourth-order valence-corrected chi connectivity index (χ4v) is 10.6. The summed E-state index contributed by atoms with van der Waals surface area (Å²) >= 11 is 0. The maximum Gasteiger partial charge on any atom is 0.307 e. The van der Waals surface area contributed by atoms with Crippen LogP contribution < -0.4 is 17.2 Å². The lowest BCUT2D eigenvalue weighted by molar-refractivity contribution is -0.870. The quantitative estimate of drug-likeness (QED) is 0.122. The van der Waals surface area contributed by atoms with E-state index in [1.54, 1.807) is 0 Å². The number of likely N-dealkylation sites (N-methyl/N-ethyl adjacent to an activating group) is 1. The van der Waals surface area contributed by atoms with Crippen LogP contribution >= 0.6 is 0 Å². The van der Waals surface area contributed by atoms with Crippen LogP contribution in [0.15, 0.2) is 0 Å². The van der Waals surface area contributed by atoms with E-state index in [0.29, 0.717) is 38.7 Å². The summed E-state index contributed by atoms with van der Waals surface area (Å²) in [5.74, 6) is -0.105. The smallest absolute Gasteiger partial charge is 0.307 e. The highest BCUT2D eigenvalue weighted by molar-refractivity contribution is 5.71. The van der Waals surface area contributed by atoms with Gasteiger partial charge in [-0.25, -0.2) is 0 Å². The van der Waals surface area contributed by atoms with Crippen LogP contribution in [0, 0.1) is 46.3 Å². The Morgan fingerprint density at radius 2 is 1.38 bits per heavy atom. The molecule has 4 fully saturated rings. The Morgan fingerprint density at radius 1 is 0.760 bits per heavy atom. The SMILES string of the molecule is C[C@H](CCC(=O)OCC[N+](C)(C)C)C1CC[C@H]2C3[C@H](OC(=O)CCN)CC4C[C@H](OC(=O)CCN)CCC4(C)[C@H]3C[C@H](OC(=O)CCN)C12C. The minimum atomic E-state index is -0.380. The minimum absolute atomic E-state index is 0.0847. The Balaban J connectivity index is 1.62. The van der Waals surface area contributed by atoms with Gasteiger partial charge in [0, 0.05) is 37.4 Å². The Morgan fingerprint density at radius 3 is 2.00 bits per heavy atom. The van der Waals surface area contributed by atoms with Gasteiger partial charge in [0.2, 0.25) is 0 Å². The zero-order valence-corrected chi connectivity index (χ0v) is 31.7. The molecule has 0 aromatic rings. The highest BCUT2D eigenvalue weighted by atomic mass is 16.6. The van der Waals surface area contributed by atoms with E-state index < -0.39 is 0 Å². The summed E-state index contributed by atoms with van der Waals surface area (Å²) in [5.41, 5.74) is 16.7. The Hall–Kier alpha value is -2.28. The lowest BCUT2D eigenvalue weighted by atomic mass is 9.43. The van der Waals surface area contributed by atoms with Crippen molar-refractivity contribution in [3.63, 3.8) is 0 Å². The number of nitrogens with zero attached hydrogens (tertiary/aromatic N) is 1. The fraction of sp³-hybridized carbons (Fsp3) is 0.895. The van der Waals surface area contributed by atoms with E-state index in [2.05, 4.69) is 41.9 Å². The number of rotatable bonds is 16. The maximum atomic E-state index is 13.2. The second-order valence-corrected chi connectivity index (χ2v) is 17.3. The number of ether oxygens (including phenoxy) is 4. The molecule has 4 rings (SSSR count). The van der Waals surface area contributed by atoms with Crippen LogP contribution in [0.5, 0.6) is 0 Å². The van der Waals surface area contributed by atoms with E-state index in [4.69, 9.17) is 36.1 Å². The zero-order chi connectivity index (χ0) is 36.9. The maximum absolute atomic E-state index is 13.2. The molecule has 4 aliphatic carbocycles. The molecule has 0 radical (unpaired) electrons. The minimum Gasteiger partial charge on any atom is -0.462 e. The second kappa shape index (κ2) is 17.0. The van der Waals surface area contributed by atoms with Crippen LogP contribution in [-0.2, 0) is 38.1 Å². The molecule has 50 heavy (non-hydrogen) atoms. The average Bonchev–Trinajstić information content (AvgIpc) is 3.38. The summed E-state index contributed by atoms with van der Waals surface area (Å²) < 4.78 is 25.0. The van der Waals surface area contributed by atoms with E-state index in [-0.39, 0.29) is 127 Å². The third-order valence-electron chi connectivity index (χ3n) is 13.2. The van der Waals surface area contributed by atoms with E-state index in [1.165, 1.54) is 0 Å². The monoisotopic (exact) mass is 707 g/mol. The van der Waals surface area contributed by atoms with Crippen molar-refractivity contribution < 1.29 is 42.6 Å². The van der Waals surface area contributed by atoms with Crippen molar-refractivity contribution in [2.24, 2.45) is 63.5 Å². The molecule has 12 nitrogen and oxygen atoms in total. The van der Waals surface area contributed by atoms with Crippen LogP contribution in [0.3, 0.4) is 0 Å². The summed E-state index contributed by atoms with van der Waals surface area (Å²) in [6.45, 7) is 8.68. The van der Waals surface area contributed by atoms with Crippen molar-refractivity contribution in [2.45, 2.75) is 116 Å². The third kappa shape index (κ3) is 9.19. The molecule has 11 atom stereocenters. The zero-order valence-electron chi connectivity index (χ0n) is 31.7. The Kier molecular flexibility index (Phi) is 13.8. The molecule has 6 N–H and O–H groups in total. The molecule has 12 heteroatoms. The number of nitrogens with two attached hydrogens (primary N) is 3. The van der Waals surface area contributed by atoms with Crippen molar-refractivity contribution in [3.8, 4) is 0 Å². The highest BCUT2D eigenvalue weighted by Crippen LogP contribution is 2.69. The molecule has 4 aliphatic rings. The molecule has 0 amide bonds. The Labute approximate surface area is 299 Å². The van der Waals surface area contributed by atoms with Crippen LogP contribution in [0.2, 0.25) is 0 Å². The largest absolute Gasteiger partial charge is 0.462 e. The molecular formula is C38H67N4O8+. The van der Waals surface area contributed by atoms with E-state index in [9.17, 15) is 19.2 Å². The van der Waals surface area contributed by atoms with Crippen LogP contribution in [-0.4, -0.2) is 101 Å². The second-order valence-electron chi connectivity index (χ2n) is 17.3. The van der Waals surface area contributed by atoms with E-state index in [0.717, 1.165) is 36.7 Å². The predicted octanol–water partition coefficient (Wildman–Crippen LogP) is 3.31. The molecule has 0 spiro atoms. The van der Waals surface area contributed by atoms with Gasteiger partial charge in [-0.05, 0) is 86.4 Å². The molecule has 0 aromatic heterocycles. The number of carbonyl (C=O) groups excluding carboxylic acids is 4. The van der Waals surface area contributed by atoms with E-state index >= 15 is 0 Å². The Bertz CT molecular complexity index is 1190. The topological polar surface area (TPSA) is 183 Å². The lowest BCUT2D eigenvalue weighted by Crippen LogP contribution is -2.63. The first kappa shape index (κ1) is 40.5. The van der Waals surface area contributed by atoms with Gasteiger partial charge in [0.05, 0.1) is 40.4 Å². The summed E-state index contributed by atoms with van der Waals surface area (Å²) in [7, 11) is 6.21. The van der Waals surface area contributed by atoms with Gasteiger partial charge in [-0.1, -0.05) is 20.8 Å². The van der Waals surface area contributed by atoms with Gasteiger partial charge < -0.3 is 40.6 Å². The van der Waals surface area contributed by atoms with E-state index in [1.807, 2.05) is 0 Å². The predicted molar refractivity (Wildman–Crippen MR) is 189 cm³/mol. The fourth-order valence-electron chi connectivity index (χ4n) is 10.6. The van der Waals surface area contributed by atoms with Gasteiger partial charge in [-0.2, -0.15) is 0 Å². The van der Waals surface area contributed by atoms with Gasteiger partial charge in [0.15, 0.2) is 0 Å². The summed E-state index contributed by atoms with van der Waals surface area (Å²) in [6, 6.07) is 0. The van der Waals surface area contributed by atoms with Crippen molar-refractivity contribution in [1.82, 2.24) is 0 Å². The molecule has 0 aliphatic heterocycles.